The fraction of sp³-hybridized carbons (Fsp3) is 0.541. The minimum atomic E-state index is -1.04. The second-order valence-electron chi connectivity index (χ2n) is 12.9. The number of unbranched alkanes of at least 4 members (excludes halogenated alkanes) is 10. The van der Waals surface area contributed by atoms with E-state index in [1.165, 1.54) is 51.4 Å². The van der Waals surface area contributed by atoms with Crippen molar-refractivity contribution in [3.8, 4) is 12.1 Å². The first kappa shape index (κ1) is 37.0. The summed E-state index contributed by atoms with van der Waals surface area (Å²) in [7, 11) is 0. The Bertz CT molecular complexity index is 1290. The van der Waals surface area contributed by atoms with Gasteiger partial charge in [0.15, 0.2) is 0 Å². The van der Waals surface area contributed by atoms with Gasteiger partial charge in [-0.1, -0.05) is 115 Å². The Labute approximate surface area is 269 Å². The van der Waals surface area contributed by atoms with Gasteiger partial charge in [0, 0.05) is 12.1 Å². The Morgan fingerprint density at radius 1 is 0.889 bits per heavy atom. The number of nitrogens with zero attached hydrogens (tertiary/aromatic N) is 2. The average molecular weight is 614 g/mol. The third-order valence-corrected chi connectivity index (χ3v) is 7.99. The maximum absolute atomic E-state index is 13.0. The normalized spacial score (nSPS) is 14.6. The highest BCUT2D eigenvalue weighted by Gasteiger charge is 2.26. The van der Waals surface area contributed by atoms with Gasteiger partial charge >= 0.3 is 0 Å². The lowest BCUT2D eigenvalue weighted by Crippen LogP contribution is -2.46. The van der Waals surface area contributed by atoms with Gasteiger partial charge in [-0.05, 0) is 53.5 Å². The van der Waals surface area contributed by atoms with Gasteiger partial charge in [-0.15, -0.1) is 0 Å². The number of nitrogens with two attached hydrogens (primary N) is 1. The summed E-state index contributed by atoms with van der Waals surface area (Å²) in [6, 6.07) is 10.1. The van der Waals surface area contributed by atoms with Crippen LogP contribution in [-0.2, 0) is 14.4 Å². The van der Waals surface area contributed by atoms with Crippen molar-refractivity contribution in [3.05, 3.63) is 58.7 Å². The number of primary amides is 1. The highest BCUT2D eigenvalue weighted by Crippen LogP contribution is 2.39. The first-order valence-electron chi connectivity index (χ1n) is 16.5. The highest BCUT2D eigenvalue weighted by molar-refractivity contribution is 5.99. The Morgan fingerprint density at radius 2 is 1.47 bits per heavy atom. The van der Waals surface area contributed by atoms with Gasteiger partial charge in [-0.3, -0.25) is 14.4 Å². The number of allylic oxidation sites excluding steroid dienone is 5. The summed E-state index contributed by atoms with van der Waals surface area (Å²) in [6.07, 6.45) is 20.4. The van der Waals surface area contributed by atoms with Gasteiger partial charge in [0.2, 0.25) is 17.7 Å². The van der Waals surface area contributed by atoms with E-state index in [-0.39, 0.29) is 23.3 Å². The smallest absolute Gasteiger partial charge is 0.247 e. The molecule has 1 atom stereocenters. The van der Waals surface area contributed by atoms with Gasteiger partial charge < -0.3 is 16.4 Å². The zero-order valence-electron chi connectivity index (χ0n) is 27.4. The van der Waals surface area contributed by atoms with E-state index in [2.05, 4.69) is 31.4 Å². The van der Waals surface area contributed by atoms with E-state index in [0.717, 1.165) is 42.4 Å². The highest BCUT2D eigenvalue weighted by atomic mass is 16.2. The number of nitriles is 2. The number of benzene rings is 1. The molecule has 0 fully saturated rings. The molecule has 1 aliphatic rings. The van der Waals surface area contributed by atoms with Gasteiger partial charge in [0.25, 0.3) is 0 Å². The molecule has 2 rings (SSSR count). The molecule has 0 saturated carbocycles. The van der Waals surface area contributed by atoms with Crippen molar-refractivity contribution in [2.45, 2.75) is 123 Å². The average Bonchev–Trinajstić information content (AvgIpc) is 2.99. The molecule has 0 unspecified atom stereocenters. The van der Waals surface area contributed by atoms with Crippen LogP contribution >= 0.6 is 0 Å². The molecule has 3 amide bonds. The number of rotatable bonds is 19. The van der Waals surface area contributed by atoms with Crippen LogP contribution in [0, 0.1) is 28.1 Å². The molecule has 4 N–H and O–H groups in total. The topological polar surface area (TPSA) is 149 Å². The van der Waals surface area contributed by atoms with Crippen LogP contribution in [-0.4, -0.2) is 23.8 Å². The second-order valence-corrected chi connectivity index (χ2v) is 12.9. The zero-order chi connectivity index (χ0) is 33.1. The largest absolute Gasteiger partial charge is 0.370 e. The SMILES string of the molecule is CCCCCCCCCCCCCC(=O)N[C@@H](CC(N)=O)C(=O)Nc1ccc(/C=C/C2=CC(=C(C#N)C#N)CC(C)(C)C2)cc1. The van der Waals surface area contributed by atoms with Crippen molar-refractivity contribution in [1.29, 1.82) is 10.5 Å². The Morgan fingerprint density at radius 3 is 2.02 bits per heavy atom. The van der Waals surface area contributed by atoms with Crippen LogP contribution in [0.1, 0.15) is 123 Å². The van der Waals surface area contributed by atoms with E-state index < -0.39 is 17.9 Å². The predicted octanol–water partition coefficient (Wildman–Crippen LogP) is 7.79. The van der Waals surface area contributed by atoms with E-state index in [1.54, 1.807) is 12.1 Å². The Hall–Kier alpha value is -4.17. The van der Waals surface area contributed by atoms with Crippen LogP contribution in [0.2, 0.25) is 0 Å². The summed E-state index contributed by atoms with van der Waals surface area (Å²) >= 11 is 0. The number of hydrogen-bond donors (Lipinski definition) is 3. The van der Waals surface area contributed by atoms with Crippen molar-refractivity contribution in [2.24, 2.45) is 11.1 Å². The third kappa shape index (κ3) is 14.9. The summed E-state index contributed by atoms with van der Waals surface area (Å²) in [6.45, 7) is 6.46. The van der Waals surface area contributed by atoms with Crippen molar-refractivity contribution in [3.63, 3.8) is 0 Å². The van der Waals surface area contributed by atoms with Gasteiger partial charge in [0.05, 0.1) is 6.42 Å². The minimum absolute atomic E-state index is 0.0688. The van der Waals surface area contributed by atoms with E-state index in [1.807, 2.05) is 42.5 Å². The fourth-order valence-corrected chi connectivity index (χ4v) is 5.63. The Balaban J connectivity index is 1.85. The maximum atomic E-state index is 13.0. The van der Waals surface area contributed by atoms with Crippen LogP contribution in [0.25, 0.3) is 6.08 Å². The predicted molar refractivity (Wildman–Crippen MR) is 180 cm³/mol. The van der Waals surface area contributed by atoms with Gasteiger partial charge in [0.1, 0.15) is 23.8 Å². The summed E-state index contributed by atoms with van der Waals surface area (Å²) < 4.78 is 0. The summed E-state index contributed by atoms with van der Waals surface area (Å²) in [4.78, 5) is 37.1. The fourth-order valence-electron chi connectivity index (χ4n) is 5.63. The van der Waals surface area contributed by atoms with Crippen molar-refractivity contribution in [2.75, 3.05) is 5.32 Å². The van der Waals surface area contributed by atoms with Gasteiger partial charge in [-0.2, -0.15) is 10.5 Å². The van der Waals surface area contributed by atoms with E-state index in [9.17, 15) is 24.9 Å². The second kappa shape index (κ2) is 20.0. The Kier molecular flexibility index (Phi) is 16.4. The van der Waals surface area contributed by atoms with E-state index in [0.29, 0.717) is 18.5 Å². The standard InChI is InChI=1S/C37H51N5O3/c1-4-5-6-7-8-9-10-11-12-13-14-15-35(44)42-33(23-34(40)43)36(45)41-32-20-18-28(19-21-32)16-17-29-22-30(31(26-38)27-39)25-37(2,3)24-29/h16-22,33H,4-15,23-25H2,1-3H3,(H2,40,43)(H,41,45)(H,42,44)/b17-16+/t33-/m0/s1. The molecule has 0 radical (unpaired) electrons. The lowest BCUT2D eigenvalue weighted by molar-refractivity contribution is -0.128. The van der Waals surface area contributed by atoms with Crippen LogP contribution in [0.5, 0.6) is 0 Å². The zero-order valence-corrected chi connectivity index (χ0v) is 27.4. The molecule has 242 valence electrons. The van der Waals surface area contributed by atoms with Crippen LogP contribution < -0.4 is 16.4 Å². The van der Waals surface area contributed by atoms with Crippen molar-refractivity contribution in [1.82, 2.24) is 5.32 Å². The summed E-state index contributed by atoms with van der Waals surface area (Å²) in [5.41, 5.74) is 8.66. The molecule has 0 aliphatic heterocycles. The summed E-state index contributed by atoms with van der Waals surface area (Å²) in [5.74, 6) is -1.42. The molecule has 8 nitrogen and oxygen atoms in total. The molecular formula is C37H51N5O3. The maximum Gasteiger partial charge on any atom is 0.247 e. The first-order chi connectivity index (χ1) is 21.6. The van der Waals surface area contributed by atoms with Crippen LogP contribution in [0.3, 0.4) is 0 Å². The molecular weight excluding hydrogens is 562 g/mol. The molecule has 0 aromatic heterocycles. The molecule has 8 heteroatoms. The lowest BCUT2D eigenvalue weighted by atomic mass is 9.74. The molecule has 1 aromatic rings. The first-order valence-corrected chi connectivity index (χ1v) is 16.5. The quantitative estimate of drug-likeness (QED) is 0.108. The minimum Gasteiger partial charge on any atom is -0.370 e. The number of carbonyl (C=O) groups is 3. The van der Waals surface area contributed by atoms with Crippen molar-refractivity contribution >= 4 is 29.5 Å². The van der Waals surface area contributed by atoms with E-state index in [4.69, 9.17) is 5.73 Å². The third-order valence-electron chi connectivity index (χ3n) is 7.99. The van der Waals surface area contributed by atoms with Gasteiger partial charge in [-0.25, -0.2) is 0 Å². The lowest BCUT2D eigenvalue weighted by Gasteiger charge is -2.30. The number of carbonyl (C=O) groups excluding carboxylic acids is 3. The van der Waals surface area contributed by atoms with Crippen molar-refractivity contribution < 1.29 is 14.4 Å². The number of anilines is 1. The summed E-state index contributed by atoms with van der Waals surface area (Å²) in [5, 5.41) is 24.1. The number of amides is 3. The van der Waals surface area contributed by atoms with Crippen LogP contribution in [0.4, 0.5) is 5.69 Å². The number of hydrogen-bond acceptors (Lipinski definition) is 5. The number of nitrogens with one attached hydrogen (secondary N) is 2. The molecule has 1 aliphatic carbocycles. The molecule has 1 aromatic carbocycles. The molecule has 0 heterocycles. The molecule has 0 spiro atoms. The monoisotopic (exact) mass is 613 g/mol. The molecule has 45 heavy (non-hydrogen) atoms. The van der Waals surface area contributed by atoms with Crippen LogP contribution in [0.15, 0.2) is 53.1 Å². The molecule has 0 bridgehead atoms. The van der Waals surface area contributed by atoms with E-state index >= 15 is 0 Å². The molecule has 0 saturated heterocycles.